The lowest BCUT2D eigenvalue weighted by atomic mass is 10.0. The van der Waals surface area contributed by atoms with E-state index in [9.17, 15) is 9.59 Å². The van der Waals surface area contributed by atoms with Gasteiger partial charge in [0.15, 0.2) is 0 Å². The van der Waals surface area contributed by atoms with Crippen LogP contribution in [0.15, 0.2) is 53.5 Å². The molecule has 1 N–H and O–H groups in total. The van der Waals surface area contributed by atoms with Crippen molar-refractivity contribution in [3.63, 3.8) is 0 Å². The van der Waals surface area contributed by atoms with Gasteiger partial charge >= 0.3 is 5.97 Å². The Morgan fingerprint density at radius 1 is 1.11 bits per heavy atom. The van der Waals surface area contributed by atoms with E-state index in [0.29, 0.717) is 5.69 Å². The third-order valence-corrected chi connectivity index (χ3v) is 2.66. The quantitative estimate of drug-likeness (QED) is 0.672. The maximum atomic E-state index is 10.6. The number of aliphatic imine (C=N–C) groups is 1. The average Bonchev–Trinajstić information content (AvgIpc) is 2.40. The Morgan fingerprint density at radius 3 is 2.47 bits per heavy atom. The molecule has 4 heteroatoms. The zero-order valence-corrected chi connectivity index (χ0v) is 10.0. The number of nitrogens with zero attached hydrogens (tertiary/aromatic N) is 1. The molecule has 0 aromatic heterocycles. The molecule has 0 radical (unpaired) electrons. The monoisotopic (exact) mass is 253 g/mol. The molecule has 0 amide bonds. The highest BCUT2D eigenvalue weighted by molar-refractivity contribution is 5.72. The third kappa shape index (κ3) is 3.37. The lowest BCUT2D eigenvalue weighted by molar-refractivity contribution is -0.136. The number of benzene rings is 2. The molecule has 2 aromatic rings. The molecule has 0 saturated heterocycles. The van der Waals surface area contributed by atoms with Gasteiger partial charge in [-0.15, -0.1) is 0 Å². The summed E-state index contributed by atoms with van der Waals surface area (Å²) in [6.45, 7) is 0. The van der Waals surface area contributed by atoms with E-state index < -0.39 is 5.97 Å². The summed E-state index contributed by atoms with van der Waals surface area (Å²) >= 11 is 0. The molecule has 0 atom stereocenters. The maximum absolute atomic E-state index is 10.6. The molecule has 2 rings (SSSR count). The zero-order valence-electron chi connectivity index (χ0n) is 10.0. The fraction of sp³-hybridized carbons (Fsp3) is 0.0667. The highest BCUT2D eigenvalue weighted by atomic mass is 16.4. The first-order chi connectivity index (χ1) is 9.19. The Bertz CT molecular complexity index is 641. The fourth-order valence-electron chi connectivity index (χ4n) is 1.80. The number of aliphatic carboxylic acids is 1. The highest BCUT2D eigenvalue weighted by Gasteiger charge is 2.02. The van der Waals surface area contributed by atoms with E-state index in [1.54, 1.807) is 30.3 Å². The number of rotatable bonds is 4. The van der Waals surface area contributed by atoms with Crippen molar-refractivity contribution < 1.29 is 14.7 Å². The first kappa shape index (κ1) is 12.7. The van der Waals surface area contributed by atoms with Crippen molar-refractivity contribution >= 4 is 17.7 Å². The number of carbonyl (C=O) groups excluding carboxylic acids is 1. The average molecular weight is 253 g/mol. The predicted octanol–water partition coefficient (Wildman–Crippen LogP) is 2.95. The summed E-state index contributed by atoms with van der Waals surface area (Å²) in [6.07, 6.45) is 1.51. The van der Waals surface area contributed by atoms with Crippen molar-refractivity contribution in [2.24, 2.45) is 4.99 Å². The molecule has 0 aliphatic rings. The van der Waals surface area contributed by atoms with Gasteiger partial charge in [0.1, 0.15) is 0 Å². The van der Waals surface area contributed by atoms with Crippen molar-refractivity contribution in [2.75, 3.05) is 0 Å². The van der Waals surface area contributed by atoms with Crippen molar-refractivity contribution in [2.45, 2.75) is 6.42 Å². The van der Waals surface area contributed by atoms with E-state index in [-0.39, 0.29) is 6.42 Å². The summed E-state index contributed by atoms with van der Waals surface area (Å²) in [4.78, 5) is 24.4. The summed E-state index contributed by atoms with van der Waals surface area (Å²) < 4.78 is 0. The first-order valence-corrected chi connectivity index (χ1v) is 5.68. The molecule has 0 saturated carbocycles. The summed E-state index contributed by atoms with van der Waals surface area (Å²) in [5.41, 5.74) is 3.15. The number of isocyanates is 1. The molecule has 0 aliphatic carbocycles. The molecule has 0 fully saturated rings. The largest absolute Gasteiger partial charge is 0.481 e. The van der Waals surface area contributed by atoms with Crippen molar-refractivity contribution in [1.29, 1.82) is 0 Å². The van der Waals surface area contributed by atoms with Crippen LogP contribution in [-0.2, 0) is 16.0 Å². The number of hydrogen-bond donors (Lipinski definition) is 1. The van der Waals surface area contributed by atoms with Crippen LogP contribution in [0.2, 0.25) is 0 Å². The molecule has 2 aromatic carbocycles. The van der Waals surface area contributed by atoms with E-state index in [0.717, 1.165) is 16.7 Å². The topological polar surface area (TPSA) is 66.7 Å². The van der Waals surface area contributed by atoms with Crippen LogP contribution in [0.1, 0.15) is 5.56 Å². The van der Waals surface area contributed by atoms with Crippen LogP contribution >= 0.6 is 0 Å². The molecule has 4 nitrogen and oxygen atoms in total. The molecule has 19 heavy (non-hydrogen) atoms. The molecule has 0 heterocycles. The van der Waals surface area contributed by atoms with Crippen LogP contribution in [0.3, 0.4) is 0 Å². The molecule has 0 bridgehead atoms. The molecule has 94 valence electrons. The second kappa shape index (κ2) is 5.76. The minimum absolute atomic E-state index is 0.00968. The van der Waals surface area contributed by atoms with Gasteiger partial charge in [-0.2, -0.15) is 4.99 Å². The van der Waals surface area contributed by atoms with E-state index >= 15 is 0 Å². The van der Waals surface area contributed by atoms with E-state index in [1.165, 1.54) is 6.08 Å². The first-order valence-electron chi connectivity index (χ1n) is 5.68. The number of carboxylic acid groups (broad SMARTS) is 1. The molecule has 0 aliphatic heterocycles. The van der Waals surface area contributed by atoms with Gasteiger partial charge in [-0.25, -0.2) is 4.79 Å². The van der Waals surface area contributed by atoms with Crippen LogP contribution in [0.5, 0.6) is 0 Å². The SMILES string of the molecule is O=C=Nc1cccc(-c2ccc(CC(=O)O)cc2)c1. The Kier molecular flexibility index (Phi) is 3.86. The molecular weight excluding hydrogens is 242 g/mol. The number of hydrogen-bond acceptors (Lipinski definition) is 3. The van der Waals surface area contributed by atoms with Crippen molar-refractivity contribution in [3.05, 3.63) is 54.1 Å². The van der Waals surface area contributed by atoms with Crippen molar-refractivity contribution in [1.82, 2.24) is 0 Å². The molecular formula is C15H11NO3. The van der Waals surface area contributed by atoms with Gasteiger partial charge < -0.3 is 5.11 Å². The van der Waals surface area contributed by atoms with Gasteiger partial charge in [0.05, 0.1) is 12.1 Å². The second-order valence-corrected chi connectivity index (χ2v) is 4.02. The van der Waals surface area contributed by atoms with Crippen molar-refractivity contribution in [3.8, 4) is 11.1 Å². The molecule has 0 spiro atoms. The van der Waals surface area contributed by atoms with Crippen LogP contribution in [0.4, 0.5) is 5.69 Å². The van der Waals surface area contributed by atoms with E-state index in [1.807, 2.05) is 18.2 Å². The van der Waals surface area contributed by atoms with Crippen LogP contribution in [-0.4, -0.2) is 17.2 Å². The molecule has 0 unspecified atom stereocenters. The smallest absolute Gasteiger partial charge is 0.307 e. The van der Waals surface area contributed by atoms with Crippen LogP contribution in [0.25, 0.3) is 11.1 Å². The lowest BCUT2D eigenvalue weighted by Gasteiger charge is -2.03. The van der Waals surface area contributed by atoms with E-state index in [4.69, 9.17) is 5.11 Å². The van der Waals surface area contributed by atoms with Crippen LogP contribution in [0, 0.1) is 0 Å². The lowest BCUT2D eigenvalue weighted by Crippen LogP contribution is -1.99. The minimum Gasteiger partial charge on any atom is -0.481 e. The predicted molar refractivity (Wildman–Crippen MR) is 71.0 cm³/mol. The Labute approximate surface area is 110 Å². The summed E-state index contributed by atoms with van der Waals surface area (Å²) in [6, 6.07) is 14.4. The second-order valence-electron chi connectivity index (χ2n) is 4.02. The highest BCUT2D eigenvalue weighted by Crippen LogP contribution is 2.24. The van der Waals surface area contributed by atoms with Gasteiger partial charge in [0, 0.05) is 0 Å². The number of carboxylic acids is 1. The summed E-state index contributed by atoms with van der Waals surface area (Å²) in [7, 11) is 0. The Hall–Kier alpha value is -2.71. The maximum Gasteiger partial charge on any atom is 0.307 e. The zero-order chi connectivity index (χ0) is 13.7. The summed E-state index contributed by atoms with van der Waals surface area (Å²) in [5, 5.41) is 8.70. The minimum atomic E-state index is -0.852. The normalized spacial score (nSPS) is 9.68. The Morgan fingerprint density at radius 2 is 1.84 bits per heavy atom. The van der Waals surface area contributed by atoms with Gasteiger partial charge in [0.2, 0.25) is 6.08 Å². The van der Waals surface area contributed by atoms with Gasteiger partial charge in [-0.1, -0.05) is 36.4 Å². The Balaban J connectivity index is 2.29. The number of carbonyl (C=O) groups is 1. The third-order valence-electron chi connectivity index (χ3n) is 2.66. The van der Waals surface area contributed by atoms with Gasteiger partial charge in [-0.05, 0) is 28.8 Å². The standard InChI is InChI=1S/C15H11NO3/c17-10-16-14-3-1-2-13(9-14)12-6-4-11(5-7-12)8-15(18)19/h1-7,9H,8H2,(H,18,19). The van der Waals surface area contributed by atoms with E-state index in [2.05, 4.69) is 4.99 Å². The fourth-order valence-corrected chi connectivity index (χ4v) is 1.80. The summed E-state index contributed by atoms with van der Waals surface area (Å²) in [5.74, 6) is -0.852. The van der Waals surface area contributed by atoms with Gasteiger partial charge in [0.25, 0.3) is 0 Å². The van der Waals surface area contributed by atoms with Crippen LogP contribution < -0.4 is 0 Å². The van der Waals surface area contributed by atoms with Gasteiger partial charge in [-0.3, -0.25) is 4.79 Å².